The molecule has 1 aromatic carbocycles. The summed E-state index contributed by atoms with van der Waals surface area (Å²) in [5, 5.41) is 9.65. The molecule has 4 heteroatoms. The fourth-order valence-corrected chi connectivity index (χ4v) is 2.29. The van der Waals surface area contributed by atoms with Crippen LogP contribution in [0.4, 0.5) is 5.69 Å². The minimum absolute atomic E-state index is 0.0574. The summed E-state index contributed by atoms with van der Waals surface area (Å²) in [5.74, 6) is 0.383. The lowest BCUT2D eigenvalue weighted by Crippen LogP contribution is -2.32. The summed E-state index contributed by atoms with van der Waals surface area (Å²) >= 11 is 0. The summed E-state index contributed by atoms with van der Waals surface area (Å²) in [5.41, 5.74) is 0.713. The average Bonchev–Trinajstić information content (AvgIpc) is 2.53. The molecule has 1 amide bonds. The Kier molecular flexibility index (Phi) is 7.50. The Bertz CT molecular complexity index is 511. The van der Waals surface area contributed by atoms with Gasteiger partial charge in [0.2, 0.25) is 5.91 Å². The number of rotatable bonds is 8. The van der Waals surface area contributed by atoms with Crippen molar-refractivity contribution in [1.82, 2.24) is 0 Å². The third-order valence-electron chi connectivity index (χ3n) is 3.62. The van der Waals surface area contributed by atoms with E-state index < -0.39 is 0 Å². The van der Waals surface area contributed by atoms with Crippen LogP contribution < -0.4 is 9.64 Å². The number of phenols is 1. The Balaban J connectivity index is 2.92. The SMILES string of the molecule is CCCC=CC(CCC)C(=O)N(C)c1ccc(O)c(OC)c1. The van der Waals surface area contributed by atoms with E-state index in [-0.39, 0.29) is 17.6 Å². The van der Waals surface area contributed by atoms with Crippen molar-refractivity contribution < 1.29 is 14.6 Å². The fourth-order valence-electron chi connectivity index (χ4n) is 2.29. The molecule has 0 fully saturated rings. The summed E-state index contributed by atoms with van der Waals surface area (Å²) in [6.45, 7) is 4.20. The van der Waals surface area contributed by atoms with Crippen LogP contribution in [0.15, 0.2) is 30.4 Å². The van der Waals surface area contributed by atoms with E-state index in [0.29, 0.717) is 11.4 Å². The molecule has 0 aliphatic heterocycles. The number of hydrogen-bond donors (Lipinski definition) is 1. The van der Waals surface area contributed by atoms with Crippen molar-refractivity contribution in [2.75, 3.05) is 19.1 Å². The number of amides is 1. The lowest BCUT2D eigenvalue weighted by molar-refractivity contribution is -0.120. The minimum Gasteiger partial charge on any atom is -0.504 e. The molecule has 0 radical (unpaired) electrons. The molecule has 0 spiro atoms. The van der Waals surface area contributed by atoms with Gasteiger partial charge in [-0.15, -0.1) is 0 Å². The largest absolute Gasteiger partial charge is 0.504 e. The van der Waals surface area contributed by atoms with Gasteiger partial charge in [0.1, 0.15) is 0 Å². The van der Waals surface area contributed by atoms with Crippen LogP contribution in [0, 0.1) is 5.92 Å². The lowest BCUT2D eigenvalue weighted by Gasteiger charge is -2.22. The molecule has 1 rings (SSSR count). The Morgan fingerprint density at radius 3 is 2.68 bits per heavy atom. The molecule has 0 bridgehead atoms. The number of unbranched alkanes of at least 4 members (excludes halogenated alkanes) is 1. The minimum atomic E-state index is -0.110. The Hall–Kier alpha value is -1.97. The third-order valence-corrected chi connectivity index (χ3v) is 3.62. The van der Waals surface area contributed by atoms with E-state index in [4.69, 9.17) is 4.74 Å². The highest BCUT2D eigenvalue weighted by molar-refractivity contribution is 5.95. The van der Waals surface area contributed by atoms with Crippen LogP contribution in [-0.4, -0.2) is 25.2 Å². The first-order valence-corrected chi connectivity index (χ1v) is 7.86. The van der Waals surface area contributed by atoms with E-state index in [0.717, 1.165) is 25.7 Å². The van der Waals surface area contributed by atoms with Gasteiger partial charge in [-0.2, -0.15) is 0 Å². The van der Waals surface area contributed by atoms with E-state index in [1.54, 1.807) is 30.1 Å². The normalized spacial score (nSPS) is 12.4. The number of methoxy groups -OCH3 is 1. The second-order valence-electron chi connectivity index (χ2n) is 5.37. The number of carbonyl (C=O) groups is 1. The third kappa shape index (κ3) is 4.79. The van der Waals surface area contributed by atoms with E-state index in [9.17, 15) is 9.90 Å². The lowest BCUT2D eigenvalue weighted by atomic mass is 10.0. The maximum atomic E-state index is 12.7. The molecule has 0 aliphatic rings. The Labute approximate surface area is 133 Å². The van der Waals surface area contributed by atoms with Gasteiger partial charge < -0.3 is 14.7 Å². The van der Waals surface area contributed by atoms with Gasteiger partial charge in [0.15, 0.2) is 11.5 Å². The van der Waals surface area contributed by atoms with Gasteiger partial charge in [0.05, 0.1) is 13.0 Å². The van der Waals surface area contributed by atoms with Crippen molar-refractivity contribution in [3.8, 4) is 11.5 Å². The smallest absolute Gasteiger partial charge is 0.233 e. The number of aromatic hydroxyl groups is 1. The molecular weight excluding hydrogens is 278 g/mol. The predicted octanol–water partition coefficient (Wildman–Crippen LogP) is 4.14. The zero-order valence-corrected chi connectivity index (χ0v) is 14.0. The van der Waals surface area contributed by atoms with Crippen molar-refractivity contribution in [3.63, 3.8) is 0 Å². The van der Waals surface area contributed by atoms with Crippen molar-refractivity contribution in [1.29, 1.82) is 0 Å². The van der Waals surface area contributed by atoms with Crippen LogP contribution in [0.3, 0.4) is 0 Å². The first-order chi connectivity index (χ1) is 10.5. The van der Waals surface area contributed by atoms with Crippen molar-refractivity contribution >= 4 is 11.6 Å². The number of hydrogen-bond acceptors (Lipinski definition) is 3. The van der Waals surface area contributed by atoms with Crippen LogP contribution in [0.1, 0.15) is 39.5 Å². The van der Waals surface area contributed by atoms with Gasteiger partial charge in [0.25, 0.3) is 0 Å². The van der Waals surface area contributed by atoms with E-state index in [1.807, 2.05) is 6.08 Å². The molecule has 1 unspecified atom stereocenters. The number of ether oxygens (including phenoxy) is 1. The molecule has 4 nitrogen and oxygen atoms in total. The highest BCUT2D eigenvalue weighted by atomic mass is 16.5. The van der Waals surface area contributed by atoms with Crippen LogP contribution in [0.2, 0.25) is 0 Å². The van der Waals surface area contributed by atoms with E-state index >= 15 is 0 Å². The second-order valence-corrected chi connectivity index (χ2v) is 5.37. The van der Waals surface area contributed by atoms with Gasteiger partial charge in [-0.05, 0) is 25.0 Å². The quantitative estimate of drug-likeness (QED) is 0.734. The second kappa shape index (κ2) is 9.13. The number of allylic oxidation sites excluding steroid dienone is 1. The molecule has 0 aromatic heterocycles. The van der Waals surface area contributed by atoms with Gasteiger partial charge in [0, 0.05) is 18.8 Å². The monoisotopic (exact) mass is 305 g/mol. The molecule has 1 atom stereocenters. The van der Waals surface area contributed by atoms with E-state index in [2.05, 4.69) is 19.9 Å². The Morgan fingerprint density at radius 2 is 2.09 bits per heavy atom. The summed E-state index contributed by atoms with van der Waals surface area (Å²) in [7, 11) is 3.25. The summed E-state index contributed by atoms with van der Waals surface area (Å²) in [6.07, 6.45) is 7.96. The molecular formula is C18H27NO3. The van der Waals surface area contributed by atoms with Crippen LogP contribution >= 0.6 is 0 Å². The molecule has 1 aromatic rings. The molecule has 0 aliphatic carbocycles. The first kappa shape index (κ1) is 18.1. The average molecular weight is 305 g/mol. The number of nitrogens with zero attached hydrogens (tertiary/aromatic N) is 1. The molecule has 0 heterocycles. The highest BCUT2D eigenvalue weighted by Crippen LogP contribution is 2.31. The maximum Gasteiger partial charge on any atom is 0.233 e. The molecule has 122 valence electrons. The number of phenolic OH excluding ortho intramolecular Hbond substituents is 1. The first-order valence-electron chi connectivity index (χ1n) is 7.86. The summed E-state index contributed by atoms with van der Waals surface area (Å²) in [6, 6.07) is 4.93. The zero-order valence-electron chi connectivity index (χ0n) is 14.0. The van der Waals surface area contributed by atoms with Gasteiger partial charge in [-0.3, -0.25) is 4.79 Å². The molecule has 0 saturated heterocycles. The van der Waals surface area contributed by atoms with Crippen LogP contribution in [0.5, 0.6) is 11.5 Å². The summed E-state index contributed by atoms with van der Waals surface area (Å²) in [4.78, 5) is 14.3. The molecule has 22 heavy (non-hydrogen) atoms. The number of benzene rings is 1. The van der Waals surface area contributed by atoms with Crippen LogP contribution in [0.25, 0.3) is 0 Å². The van der Waals surface area contributed by atoms with Gasteiger partial charge >= 0.3 is 0 Å². The van der Waals surface area contributed by atoms with Gasteiger partial charge in [-0.1, -0.05) is 38.8 Å². The van der Waals surface area contributed by atoms with Crippen molar-refractivity contribution in [3.05, 3.63) is 30.4 Å². The summed E-state index contributed by atoms with van der Waals surface area (Å²) < 4.78 is 5.10. The van der Waals surface area contributed by atoms with Crippen molar-refractivity contribution in [2.24, 2.45) is 5.92 Å². The standard InChI is InChI=1S/C18H27NO3/c1-5-7-8-10-14(9-6-2)18(21)19(3)15-11-12-16(20)17(13-15)22-4/h8,10-14,20H,5-7,9H2,1-4H3. The number of carbonyl (C=O) groups excluding carboxylic acids is 1. The van der Waals surface area contributed by atoms with E-state index in [1.165, 1.54) is 7.11 Å². The van der Waals surface area contributed by atoms with Gasteiger partial charge in [-0.25, -0.2) is 0 Å². The van der Waals surface area contributed by atoms with Crippen LogP contribution in [-0.2, 0) is 4.79 Å². The molecule has 1 N–H and O–H groups in total. The topological polar surface area (TPSA) is 49.8 Å². The predicted molar refractivity (Wildman–Crippen MR) is 90.5 cm³/mol. The van der Waals surface area contributed by atoms with Crippen molar-refractivity contribution in [2.45, 2.75) is 39.5 Å². The molecule has 0 saturated carbocycles. The maximum absolute atomic E-state index is 12.7. The number of anilines is 1. The zero-order chi connectivity index (χ0) is 16.5. The fraction of sp³-hybridized carbons (Fsp3) is 0.500. The highest BCUT2D eigenvalue weighted by Gasteiger charge is 2.20. The Morgan fingerprint density at radius 1 is 1.36 bits per heavy atom.